The summed E-state index contributed by atoms with van der Waals surface area (Å²) in [5, 5.41) is 11.8. The monoisotopic (exact) mass is 321 g/mol. The summed E-state index contributed by atoms with van der Waals surface area (Å²) in [4.78, 5) is 23.8. The minimum absolute atomic E-state index is 0.0453. The van der Waals surface area contributed by atoms with Gasteiger partial charge in [0, 0.05) is 7.11 Å². The standard InChI is InChI=1S/C17H23NO5/c1-22-13-7-5-6-12(10-13)17(8-3-4-9-17)16(21)18-11-14(23-2)15(19)20/h5-7,10,14H,3-4,8-9,11H2,1-2H3,(H,18,21)(H,19,20). The second-order valence-electron chi connectivity index (χ2n) is 5.79. The van der Waals surface area contributed by atoms with Crippen LogP contribution in [-0.4, -0.2) is 43.9 Å². The number of ether oxygens (including phenoxy) is 2. The van der Waals surface area contributed by atoms with Gasteiger partial charge in [-0.05, 0) is 30.5 Å². The van der Waals surface area contributed by atoms with E-state index in [1.165, 1.54) is 7.11 Å². The lowest BCUT2D eigenvalue weighted by atomic mass is 9.78. The van der Waals surface area contributed by atoms with Crippen molar-refractivity contribution >= 4 is 11.9 Å². The van der Waals surface area contributed by atoms with E-state index in [0.717, 1.165) is 31.2 Å². The fourth-order valence-corrected chi connectivity index (χ4v) is 3.17. The molecule has 1 atom stereocenters. The van der Waals surface area contributed by atoms with Crippen LogP contribution in [0.3, 0.4) is 0 Å². The lowest BCUT2D eigenvalue weighted by Crippen LogP contribution is -2.46. The molecule has 0 bridgehead atoms. The quantitative estimate of drug-likeness (QED) is 0.799. The third-order valence-corrected chi connectivity index (χ3v) is 4.52. The number of carbonyl (C=O) groups excluding carboxylic acids is 1. The van der Waals surface area contributed by atoms with E-state index in [1.807, 2.05) is 24.3 Å². The van der Waals surface area contributed by atoms with Gasteiger partial charge in [-0.1, -0.05) is 25.0 Å². The number of carboxylic acids is 1. The summed E-state index contributed by atoms with van der Waals surface area (Å²) in [5.74, 6) is -0.525. The zero-order chi connectivity index (χ0) is 16.9. The minimum Gasteiger partial charge on any atom is -0.497 e. The third kappa shape index (κ3) is 3.64. The Morgan fingerprint density at radius 1 is 1.30 bits per heavy atom. The van der Waals surface area contributed by atoms with E-state index in [9.17, 15) is 9.59 Å². The minimum atomic E-state index is -1.09. The topological polar surface area (TPSA) is 84.9 Å². The highest BCUT2D eigenvalue weighted by Gasteiger charge is 2.43. The molecule has 6 nitrogen and oxygen atoms in total. The predicted molar refractivity (Wildman–Crippen MR) is 84.6 cm³/mol. The molecule has 1 fully saturated rings. The number of amides is 1. The number of carboxylic acid groups (broad SMARTS) is 1. The van der Waals surface area contributed by atoms with Crippen molar-refractivity contribution in [2.24, 2.45) is 0 Å². The van der Waals surface area contributed by atoms with E-state index in [2.05, 4.69) is 5.32 Å². The highest BCUT2D eigenvalue weighted by molar-refractivity contribution is 5.89. The highest BCUT2D eigenvalue weighted by atomic mass is 16.5. The first-order valence-electron chi connectivity index (χ1n) is 7.72. The third-order valence-electron chi connectivity index (χ3n) is 4.52. The van der Waals surface area contributed by atoms with Crippen molar-refractivity contribution in [1.82, 2.24) is 5.32 Å². The van der Waals surface area contributed by atoms with Crippen molar-refractivity contribution in [1.29, 1.82) is 0 Å². The van der Waals surface area contributed by atoms with Crippen molar-refractivity contribution < 1.29 is 24.2 Å². The van der Waals surface area contributed by atoms with E-state index in [-0.39, 0.29) is 12.5 Å². The molecule has 1 unspecified atom stereocenters. The number of aliphatic carboxylic acids is 1. The van der Waals surface area contributed by atoms with Crippen LogP contribution in [0.25, 0.3) is 0 Å². The number of benzene rings is 1. The van der Waals surface area contributed by atoms with Gasteiger partial charge in [0.25, 0.3) is 0 Å². The second kappa shape index (κ2) is 7.46. The van der Waals surface area contributed by atoms with E-state index in [4.69, 9.17) is 14.6 Å². The summed E-state index contributed by atoms with van der Waals surface area (Å²) < 4.78 is 10.1. The van der Waals surface area contributed by atoms with Crippen LogP contribution in [0, 0.1) is 0 Å². The van der Waals surface area contributed by atoms with E-state index in [0.29, 0.717) is 5.75 Å². The molecule has 1 aromatic rings. The maximum atomic E-state index is 12.8. The molecule has 126 valence electrons. The summed E-state index contributed by atoms with van der Waals surface area (Å²) in [5.41, 5.74) is 0.293. The normalized spacial score (nSPS) is 17.5. The first kappa shape index (κ1) is 17.3. The number of nitrogens with one attached hydrogen (secondary N) is 1. The number of hydrogen-bond donors (Lipinski definition) is 2. The van der Waals surface area contributed by atoms with Gasteiger partial charge < -0.3 is 19.9 Å². The van der Waals surface area contributed by atoms with Gasteiger partial charge in [0.1, 0.15) is 5.75 Å². The van der Waals surface area contributed by atoms with Gasteiger partial charge in [-0.3, -0.25) is 4.79 Å². The number of carbonyl (C=O) groups is 2. The van der Waals surface area contributed by atoms with Crippen molar-refractivity contribution in [2.75, 3.05) is 20.8 Å². The zero-order valence-electron chi connectivity index (χ0n) is 13.5. The molecule has 0 aliphatic heterocycles. The van der Waals surface area contributed by atoms with Crippen LogP contribution in [0.2, 0.25) is 0 Å². The molecule has 0 saturated heterocycles. The molecule has 1 aliphatic rings. The van der Waals surface area contributed by atoms with Crippen LogP contribution in [-0.2, 0) is 19.7 Å². The van der Waals surface area contributed by atoms with Crippen LogP contribution < -0.4 is 10.1 Å². The first-order valence-corrected chi connectivity index (χ1v) is 7.72. The molecule has 1 saturated carbocycles. The molecule has 1 aliphatic carbocycles. The van der Waals surface area contributed by atoms with Gasteiger partial charge in [0.2, 0.25) is 5.91 Å². The largest absolute Gasteiger partial charge is 0.497 e. The summed E-state index contributed by atoms with van der Waals surface area (Å²) in [6, 6.07) is 7.53. The van der Waals surface area contributed by atoms with Crippen LogP contribution in [0.15, 0.2) is 24.3 Å². The molecule has 1 amide bonds. The lowest BCUT2D eigenvalue weighted by molar-refractivity contribution is -0.148. The zero-order valence-corrected chi connectivity index (χ0v) is 13.5. The molecule has 2 N–H and O–H groups in total. The number of rotatable bonds is 7. The van der Waals surface area contributed by atoms with Crippen molar-refractivity contribution in [3.05, 3.63) is 29.8 Å². The molecule has 23 heavy (non-hydrogen) atoms. The van der Waals surface area contributed by atoms with Gasteiger partial charge in [-0.15, -0.1) is 0 Å². The van der Waals surface area contributed by atoms with Crippen molar-refractivity contribution in [3.63, 3.8) is 0 Å². The molecular weight excluding hydrogens is 298 g/mol. The summed E-state index contributed by atoms with van der Waals surface area (Å²) in [6.07, 6.45) is 2.39. The van der Waals surface area contributed by atoms with Crippen LogP contribution in [0.1, 0.15) is 31.2 Å². The van der Waals surface area contributed by atoms with Crippen LogP contribution in [0.5, 0.6) is 5.75 Å². The van der Waals surface area contributed by atoms with Gasteiger partial charge in [-0.25, -0.2) is 4.79 Å². The molecule has 1 aromatic carbocycles. The Balaban J connectivity index is 2.19. The Hall–Kier alpha value is -2.08. The summed E-state index contributed by atoms with van der Waals surface area (Å²) in [6.45, 7) is -0.0453. The average Bonchev–Trinajstić information content (AvgIpc) is 3.06. The van der Waals surface area contributed by atoms with Crippen molar-refractivity contribution in [2.45, 2.75) is 37.2 Å². The van der Waals surface area contributed by atoms with E-state index >= 15 is 0 Å². The fourth-order valence-electron chi connectivity index (χ4n) is 3.17. The number of methoxy groups -OCH3 is 2. The molecule has 0 spiro atoms. The Kier molecular flexibility index (Phi) is 5.60. The van der Waals surface area contributed by atoms with Gasteiger partial charge >= 0.3 is 5.97 Å². The maximum absolute atomic E-state index is 12.8. The number of hydrogen-bond acceptors (Lipinski definition) is 4. The fraction of sp³-hybridized carbons (Fsp3) is 0.529. The Labute approximate surface area is 135 Å². The molecule has 6 heteroatoms. The molecule has 0 heterocycles. The van der Waals surface area contributed by atoms with Crippen LogP contribution >= 0.6 is 0 Å². The van der Waals surface area contributed by atoms with E-state index in [1.54, 1.807) is 7.11 Å². The van der Waals surface area contributed by atoms with Gasteiger partial charge in [0.05, 0.1) is 19.1 Å². The van der Waals surface area contributed by atoms with Gasteiger partial charge in [-0.2, -0.15) is 0 Å². The molecule has 0 aromatic heterocycles. The Morgan fingerprint density at radius 3 is 2.57 bits per heavy atom. The van der Waals surface area contributed by atoms with Crippen molar-refractivity contribution in [3.8, 4) is 5.75 Å². The Bertz CT molecular complexity index is 566. The predicted octanol–water partition coefficient (Wildman–Crippen LogP) is 1.72. The second-order valence-corrected chi connectivity index (χ2v) is 5.79. The lowest BCUT2D eigenvalue weighted by Gasteiger charge is -2.29. The average molecular weight is 321 g/mol. The maximum Gasteiger partial charge on any atom is 0.334 e. The highest BCUT2D eigenvalue weighted by Crippen LogP contribution is 2.42. The summed E-state index contributed by atoms with van der Waals surface area (Å²) >= 11 is 0. The van der Waals surface area contributed by atoms with E-state index < -0.39 is 17.5 Å². The SMILES string of the molecule is COc1cccc(C2(C(=O)NCC(OC)C(=O)O)CCCC2)c1. The summed E-state index contributed by atoms with van der Waals surface area (Å²) in [7, 11) is 2.91. The Morgan fingerprint density at radius 2 is 2.00 bits per heavy atom. The van der Waals surface area contributed by atoms with Crippen LogP contribution in [0.4, 0.5) is 0 Å². The smallest absolute Gasteiger partial charge is 0.334 e. The first-order chi connectivity index (χ1) is 11.0. The molecular formula is C17H23NO5. The van der Waals surface area contributed by atoms with Gasteiger partial charge in [0.15, 0.2) is 6.10 Å². The molecule has 2 rings (SSSR count). The molecule has 0 radical (unpaired) electrons.